The van der Waals surface area contributed by atoms with Gasteiger partial charge in [0.1, 0.15) is 6.61 Å². The summed E-state index contributed by atoms with van der Waals surface area (Å²) in [6, 6.07) is 6.06. The molecule has 2 rings (SSSR count). The normalized spacial score (nSPS) is 22.9. The Morgan fingerprint density at radius 3 is 2.37 bits per heavy atom. The highest BCUT2D eigenvalue weighted by Gasteiger charge is 2.50. The predicted octanol–water partition coefficient (Wildman–Crippen LogP) is 4.58. The molecular formula is C18H20F5NO3. The number of carbonyl (C=O) groups excluding carboxylic acids is 2. The van der Waals surface area contributed by atoms with Crippen LogP contribution in [0.1, 0.15) is 31.7 Å². The maximum atomic E-state index is 13.4. The molecule has 0 aromatic heterocycles. The first-order valence-corrected chi connectivity index (χ1v) is 8.52. The molecule has 1 aromatic carbocycles. The first-order chi connectivity index (χ1) is 12.6. The van der Waals surface area contributed by atoms with E-state index in [0.717, 1.165) is 4.90 Å². The molecule has 1 aromatic rings. The molecule has 9 heteroatoms. The van der Waals surface area contributed by atoms with Gasteiger partial charge in [-0.15, -0.1) is 0 Å². The van der Waals surface area contributed by atoms with Crippen molar-refractivity contribution in [2.24, 2.45) is 5.92 Å². The van der Waals surface area contributed by atoms with Gasteiger partial charge in [-0.1, -0.05) is 37.3 Å². The summed E-state index contributed by atoms with van der Waals surface area (Å²) in [6.07, 6.45) is -10.2. The van der Waals surface area contributed by atoms with Gasteiger partial charge in [0, 0.05) is 12.5 Å². The number of rotatable bonds is 6. The third kappa shape index (κ3) is 5.17. The quantitative estimate of drug-likeness (QED) is 0.665. The summed E-state index contributed by atoms with van der Waals surface area (Å²) in [6.45, 7) is 1.43. The molecule has 1 saturated heterocycles. The van der Waals surface area contributed by atoms with E-state index in [-0.39, 0.29) is 19.4 Å². The minimum absolute atomic E-state index is 0.138. The molecule has 0 spiro atoms. The van der Waals surface area contributed by atoms with Crippen LogP contribution in [0.2, 0.25) is 0 Å². The van der Waals surface area contributed by atoms with Crippen molar-refractivity contribution < 1.29 is 36.3 Å². The monoisotopic (exact) mass is 393 g/mol. The molecule has 150 valence electrons. The van der Waals surface area contributed by atoms with Crippen molar-refractivity contribution in [3.63, 3.8) is 0 Å². The van der Waals surface area contributed by atoms with Crippen LogP contribution >= 0.6 is 0 Å². The van der Waals surface area contributed by atoms with E-state index >= 15 is 0 Å². The molecule has 1 heterocycles. The largest absolute Gasteiger partial charge is 0.449 e. The van der Waals surface area contributed by atoms with Crippen molar-refractivity contribution in [3.05, 3.63) is 35.9 Å². The zero-order chi connectivity index (χ0) is 20.2. The van der Waals surface area contributed by atoms with Gasteiger partial charge in [-0.25, -0.2) is 13.6 Å². The fourth-order valence-electron chi connectivity index (χ4n) is 3.45. The summed E-state index contributed by atoms with van der Waals surface area (Å²) in [5.74, 6) is -2.97. The number of hydrogen-bond acceptors (Lipinski definition) is 3. The topological polar surface area (TPSA) is 46.6 Å². The van der Waals surface area contributed by atoms with Crippen LogP contribution in [0.5, 0.6) is 0 Å². The van der Waals surface area contributed by atoms with Gasteiger partial charge in [0.25, 0.3) is 6.43 Å². The summed E-state index contributed by atoms with van der Waals surface area (Å²) in [5, 5.41) is 0. The van der Waals surface area contributed by atoms with Crippen molar-refractivity contribution in [2.45, 2.75) is 57.5 Å². The molecule has 0 aliphatic carbocycles. The van der Waals surface area contributed by atoms with E-state index in [1.165, 1.54) is 0 Å². The van der Waals surface area contributed by atoms with Gasteiger partial charge in [0.05, 0.1) is 6.04 Å². The lowest BCUT2D eigenvalue weighted by Crippen LogP contribution is -2.45. The fourth-order valence-corrected chi connectivity index (χ4v) is 3.45. The average Bonchev–Trinajstić information content (AvgIpc) is 2.98. The van der Waals surface area contributed by atoms with Crippen LogP contribution in [-0.4, -0.2) is 41.5 Å². The lowest BCUT2D eigenvalue weighted by Gasteiger charge is -2.30. The molecule has 0 radical (unpaired) electrons. The highest BCUT2D eigenvalue weighted by Crippen LogP contribution is 2.39. The van der Waals surface area contributed by atoms with E-state index in [1.54, 1.807) is 37.3 Å². The number of hydrogen-bond donors (Lipinski definition) is 0. The van der Waals surface area contributed by atoms with Crippen molar-refractivity contribution in [1.29, 1.82) is 0 Å². The SMILES string of the molecule is CC[C@H]1[C@@H](CC(=O)C(F)(F)F)C[C@@H](C(F)F)N1C(=O)OCc1ccccc1. The van der Waals surface area contributed by atoms with Gasteiger partial charge in [-0.05, 0) is 24.3 Å². The number of benzene rings is 1. The average molecular weight is 393 g/mol. The van der Waals surface area contributed by atoms with E-state index in [9.17, 15) is 31.5 Å². The van der Waals surface area contributed by atoms with Crippen molar-refractivity contribution >= 4 is 11.9 Å². The fraction of sp³-hybridized carbons (Fsp3) is 0.556. The lowest BCUT2D eigenvalue weighted by atomic mass is 9.91. The molecule has 0 N–H and O–H groups in total. The minimum atomic E-state index is -5.03. The zero-order valence-electron chi connectivity index (χ0n) is 14.6. The minimum Gasteiger partial charge on any atom is -0.445 e. The van der Waals surface area contributed by atoms with Gasteiger partial charge in [0.15, 0.2) is 0 Å². The number of nitrogens with zero attached hydrogens (tertiary/aromatic N) is 1. The molecule has 3 atom stereocenters. The van der Waals surface area contributed by atoms with Crippen LogP contribution in [0.15, 0.2) is 30.3 Å². The molecule has 0 unspecified atom stereocenters. The molecule has 27 heavy (non-hydrogen) atoms. The smallest absolute Gasteiger partial charge is 0.445 e. The summed E-state index contributed by atoms with van der Waals surface area (Å²) < 4.78 is 69.6. The van der Waals surface area contributed by atoms with Crippen molar-refractivity contribution in [3.8, 4) is 0 Å². The predicted molar refractivity (Wildman–Crippen MR) is 86.1 cm³/mol. The van der Waals surface area contributed by atoms with Gasteiger partial charge in [0.2, 0.25) is 5.78 Å². The molecule has 0 bridgehead atoms. The number of Topliss-reactive ketones (excluding diaryl/α,β-unsaturated/α-hetero) is 1. The molecule has 1 fully saturated rings. The van der Waals surface area contributed by atoms with E-state index in [2.05, 4.69) is 0 Å². The van der Waals surface area contributed by atoms with E-state index in [0.29, 0.717) is 5.56 Å². The summed E-state index contributed by atoms with van der Waals surface area (Å²) in [5.41, 5.74) is 0.649. The van der Waals surface area contributed by atoms with Crippen LogP contribution in [0, 0.1) is 5.92 Å². The highest BCUT2D eigenvalue weighted by atomic mass is 19.4. The molecule has 0 saturated carbocycles. The Kier molecular flexibility index (Phi) is 6.78. The second-order valence-corrected chi connectivity index (χ2v) is 6.45. The first kappa shape index (κ1) is 21.1. The number of ketones is 1. The first-order valence-electron chi connectivity index (χ1n) is 8.52. The Bertz CT molecular complexity index is 650. The number of ether oxygens (including phenoxy) is 1. The van der Waals surface area contributed by atoms with E-state index in [4.69, 9.17) is 4.74 Å². The molecule has 1 aliphatic heterocycles. The number of amides is 1. The van der Waals surface area contributed by atoms with Crippen LogP contribution in [0.4, 0.5) is 26.7 Å². The third-order valence-corrected chi connectivity index (χ3v) is 4.69. The number of likely N-dealkylation sites (tertiary alicyclic amines) is 1. The van der Waals surface area contributed by atoms with Crippen molar-refractivity contribution in [1.82, 2.24) is 4.90 Å². The lowest BCUT2D eigenvalue weighted by molar-refractivity contribution is -0.172. The van der Waals surface area contributed by atoms with Crippen molar-refractivity contribution in [2.75, 3.05) is 0 Å². The van der Waals surface area contributed by atoms with E-state index in [1.807, 2.05) is 0 Å². The second kappa shape index (κ2) is 8.67. The van der Waals surface area contributed by atoms with Gasteiger partial charge < -0.3 is 4.74 Å². The molecular weight excluding hydrogens is 373 g/mol. The second-order valence-electron chi connectivity index (χ2n) is 6.45. The number of halogens is 5. The van der Waals surface area contributed by atoms with Crippen LogP contribution < -0.4 is 0 Å². The number of alkyl halides is 5. The summed E-state index contributed by atoms with van der Waals surface area (Å²) >= 11 is 0. The molecule has 4 nitrogen and oxygen atoms in total. The Morgan fingerprint density at radius 1 is 1.22 bits per heavy atom. The van der Waals surface area contributed by atoms with E-state index < -0.39 is 48.9 Å². The Morgan fingerprint density at radius 2 is 1.85 bits per heavy atom. The van der Waals surface area contributed by atoms with Gasteiger partial charge in [-0.3, -0.25) is 9.69 Å². The summed E-state index contributed by atoms with van der Waals surface area (Å²) in [7, 11) is 0. The highest BCUT2D eigenvalue weighted by molar-refractivity contribution is 5.84. The van der Waals surface area contributed by atoms with Crippen LogP contribution in [-0.2, 0) is 16.1 Å². The number of carbonyl (C=O) groups is 2. The zero-order valence-corrected chi connectivity index (χ0v) is 14.6. The maximum Gasteiger partial charge on any atom is 0.449 e. The summed E-state index contributed by atoms with van der Waals surface area (Å²) in [4.78, 5) is 24.5. The standard InChI is InChI=1S/C18H20F5NO3/c1-2-13-12(9-15(25)18(21,22)23)8-14(16(19)20)24(13)17(26)27-10-11-6-4-3-5-7-11/h3-7,12-14,16H,2,8-10H2,1H3/t12-,13+,14+/m1/s1. The Labute approximate surface area is 153 Å². The Hall–Kier alpha value is -2.19. The molecule has 1 aliphatic rings. The van der Waals surface area contributed by atoms with Gasteiger partial charge in [-0.2, -0.15) is 13.2 Å². The molecule has 1 amide bonds. The van der Waals surface area contributed by atoms with Crippen LogP contribution in [0.25, 0.3) is 0 Å². The third-order valence-electron chi connectivity index (χ3n) is 4.69. The van der Waals surface area contributed by atoms with Gasteiger partial charge >= 0.3 is 12.3 Å². The Balaban J connectivity index is 2.13. The van der Waals surface area contributed by atoms with Crippen LogP contribution in [0.3, 0.4) is 0 Å². The maximum absolute atomic E-state index is 13.4.